The van der Waals surface area contributed by atoms with Crippen molar-refractivity contribution in [3.05, 3.63) is 39.5 Å². The van der Waals surface area contributed by atoms with Gasteiger partial charge in [0.05, 0.1) is 10.6 Å². The maximum atomic E-state index is 11.9. The van der Waals surface area contributed by atoms with Crippen LogP contribution in [0.25, 0.3) is 0 Å². The molecule has 0 aliphatic rings. The van der Waals surface area contributed by atoms with Crippen LogP contribution in [-0.4, -0.2) is 30.4 Å². The maximum Gasteiger partial charge on any atom is 0.309 e. The zero-order valence-corrected chi connectivity index (χ0v) is 13.4. The zero-order chi connectivity index (χ0) is 17.0. The highest BCUT2D eigenvalue weighted by Gasteiger charge is 2.15. The van der Waals surface area contributed by atoms with E-state index >= 15 is 0 Å². The van der Waals surface area contributed by atoms with Crippen molar-refractivity contribution in [1.29, 1.82) is 0 Å². The van der Waals surface area contributed by atoms with E-state index in [-0.39, 0.29) is 18.0 Å². The Kier molecular flexibility index (Phi) is 5.09. The molecule has 124 valence electrons. The van der Waals surface area contributed by atoms with Gasteiger partial charge in [0.1, 0.15) is 11.9 Å². The molecule has 9 heteroatoms. The number of nitrogens with zero attached hydrogens (tertiary/aromatic N) is 5. The Morgan fingerprint density at radius 2 is 1.96 bits per heavy atom. The number of nitro groups is 1. The highest BCUT2D eigenvalue weighted by atomic mass is 16.6. The summed E-state index contributed by atoms with van der Waals surface area (Å²) < 4.78 is 3.25. The molecule has 2 aromatic rings. The summed E-state index contributed by atoms with van der Waals surface area (Å²) >= 11 is 0. The van der Waals surface area contributed by atoms with Crippen LogP contribution in [0.15, 0.2) is 12.4 Å². The number of hydrogen-bond acceptors (Lipinski definition) is 5. The van der Waals surface area contributed by atoms with Crippen molar-refractivity contribution in [1.82, 2.24) is 24.9 Å². The molecule has 0 saturated heterocycles. The monoisotopic (exact) mass is 320 g/mol. The number of rotatable bonds is 7. The van der Waals surface area contributed by atoms with Crippen LogP contribution >= 0.6 is 0 Å². The lowest BCUT2D eigenvalue weighted by molar-refractivity contribution is -0.385. The van der Waals surface area contributed by atoms with Crippen molar-refractivity contribution in [3.8, 4) is 0 Å². The highest BCUT2D eigenvalue weighted by Crippen LogP contribution is 2.15. The van der Waals surface area contributed by atoms with E-state index in [0.29, 0.717) is 18.8 Å². The van der Waals surface area contributed by atoms with Crippen LogP contribution < -0.4 is 5.32 Å². The Morgan fingerprint density at radius 1 is 1.26 bits per heavy atom. The average molecular weight is 320 g/mol. The van der Waals surface area contributed by atoms with Crippen molar-refractivity contribution >= 4 is 11.6 Å². The third-order valence-corrected chi connectivity index (χ3v) is 3.53. The van der Waals surface area contributed by atoms with E-state index in [1.54, 1.807) is 6.92 Å². The molecule has 0 aliphatic heterocycles. The molecule has 0 atom stereocenters. The molecule has 0 fully saturated rings. The SMILES string of the molecule is CCn1cc(CNC(=O)CCn2cc([N+](=O)[O-])c(C)n2)c(C)n1. The third kappa shape index (κ3) is 4.15. The second-order valence-corrected chi connectivity index (χ2v) is 5.24. The van der Waals surface area contributed by atoms with Gasteiger partial charge in [-0.05, 0) is 20.8 Å². The van der Waals surface area contributed by atoms with Crippen LogP contribution in [0.3, 0.4) is 0 Å². The van der Waals surface area contributed by atoms with Gasteiger partial charge in [-0.1, -0.05) is 0 Å². The molecule has 1 N–H and O–H groups in total. The lowest BCUT2D eigenvalue weighted by atomic mass is 10.2. The second kappa shape index (κ2) is 7.03. The summed E-state index contributed by atoms with van der Waals surface area (Å²) in [4.78, 5) is 22.2. The fourth-order valence-corrected chi connectivity index (χ4v) is 2.19. The number of nitrogens with one attached hydrogen (secondary N) is 1. The Morgan fingerprint density at radius 3 is 2.52 bits per heavy atom. The molecule has 0 aromatic carbocycles. The summed E-state index contributed by atoms with van der Waals surface area (Å²) in [6, 6.07) is 0. The van der Waals surface area contributed by atoms with E-state index < -0.39 is 4.92 Å². The fraction of sp³-hybridized carbons (Fsp3) is 0.500. The zero-order valence-electron chi connectivity index (χ0n) is 13.4. The minimum absolute atomic E-state index is 0.0342. The first-order valence-electron chi connectivity index (χ1n) is 7.38. The molecule has 9 nitrogen and oxygen atoms in total. The standard InChI is InChI=1S/C14H20N6O3/c1-4-18-8-12(10(2)16-18)7-15-14(21)5-6-19-9-13(20(22)23)11(3)17-19/h8-9H,4-7H2,1-3H3,(H,15,21). The van der Waals surface area contributed by atoms with E-state index in [9.17, 15) is 14.9 Å². The smallest absolute Gasteiger partial charge is 0.309 e. The van der Waals surface area contributed by atoms with Crippen molar-refractivity contribution < 1.29 is 9.72 Å². The quantitative estimate of drug-likeness (QED) is 0.611. The molecule has 2 rings (SSSR count). The predicted octanol–water partition coefficient (Wildman–Crippen LogP) is 1.33. The molecule has 0 saturated carbocycles. The van der Waals surface area contributed by atoms with Crippen LogP contribution in [0.2, 0.25) is 0 Å². The molecular weight excluding hydrogens is 300 g/mol. The summed E-state index contributed by atoms with van der Waals surface area (Å²) in [5.74, 6) is -0.135. The first-order valence-corrected chi connectivity index (χ1v) is 7.38. The van der Waals surface area contributed by atoms with Gasteiger partial charge >= 0.3 is 5.69 Å². The summed E-state index contributed by atoms with van der Waals surface area (Å²) in [7, 11) is 0. The largest absolute Gasteiger partial charge is 0.352 e. The summed E-state index contributed by atoms with van der Waals surface area (Å²) in [5.41, 5.74) is 2.18. The van der Waals surface area contributed by atoms with Gasteiger partial charge in [0.15, 0.2) is 0 Å². The van der Waals surface area contributed by atoms with Crippen molar-refractivity contribution in [2.24, 2.45) is 0 Å². The summed E-state index contributed by atoms with van der Waals surface area (Å²) in [6.45, 7) is 6.98. The third-order valence-electron chi connectivity index (χ3n) is 3.53. The van der Waals surface area contributed by atoms with E-state index in [2.05, 4.69) is 15.5 Å². The minimum Gasteiger partial charge on any atom is -0.352 e. The van der Waals surface area contributed by atoms with Crippen molar-refractivity contribution in [3.63, 3.8) is 0 Å². The highest BCUT2D eigenvalue weighted by molar-refractivity contribution is 5.75. The van der Waals surface area contributed by atoms with E-state index in [1.165, 1.54) is 10.9 Å². The van der Waals surface area contributed by atoms with Crippen LogP contribution in [0.5, 0.6) is 0 Å². The Hall–Kier alpha value is -2.71. The number of carbonyl (C=O) groups excluding carboxylic acids is 1. The topological polar surface area (TPSA) is 108 Å². The minimum atomic E-state index is -0.479. The van der Waals surface area contributed by atoms with Gasteiger partial charge in [-0.25, -0.2) is 0 Å². The lowest BCUT2D eigenvalue weighted by Crippen LogP contribution is -2.24. The van der Waals surface area contributed by atoms with Crippen molar-refractivity contribution in [2.45, 2.75) is 46.8 Å². The fourth-order valence-electron chi connectivity index (χ4n) is 2.19. The molecule has 0 aliphatic carbocycles. The molecule has 2 aromatic heterocycles. The van der Waals surface area contributed by atoms with Crippen LogP contribution in [0.4, 0.5) is 5.69 Å². The van der Waals surface area contributed by atoms with Gasteiger partial charge in [0, 0.05) is 37.8 Å². The van der Waals surface area contributed by atoms with Gasteiger partial charge in [-0.2, -0.15) is 10.2 Å². The van der Waals surface area contributed by atoms with Crippen LogP contribution in [0.1, 0.15) is 30.3 Å². The normalized spacial score (nSPS) is 10.7. The molecule has 1 amide bonds. The van der Waals surface area contributed by atoms with E-state index in [0.717, 1.165) is 17.8 Å². The predicted molar refractivity (Wildman–Crippen MR) is 82.7 cm³/mol. The molecule has 2 heterocycles. The van der Waals surface area contributed by atoms with Crippen molar-refractivity contribution in [2.75, 3.05) is 0 Å². The van der Waals surface area contributed by atoms with E-state index in [4.69, 9.17) is 0 Å². The molecule has 23 heavy (non-hydrogen) atoms. The van der Waals surface area contributed by atoms with E-state index in [1.807, 2.05) is 24.7 Å². The summed E-state index contributed by atoms with van der Waals surface area (Å²) in [5, 5.41) is 21.9. The van der Waals surface area contributed by atoms with Gasteiger partial charge in [0.2, 0.25) is 5.91 Å². The molecule has 0 radical (unpaired) electrons. The first kappa shape index (κ1) is 16.7. The lowest BCUT2D eigenvalue weighted by Gasteiger charge is -2.04. The van der Waals surface area contributed by atoms with Crippen LogP contribution in [-0.2, 0) is 24.4 Å². The van der Waals surface area contributed by atoms with Gasteiger partial charge < -0.3 is 5.32 Å². The number of aromatic nitrogens is 4. The molecule has 0 unspecified atom stereocenters. The number of hydrogen-bond donors (Lipinski definition) is 1. The second-order valence-electron chi connectivity index (χ2n) is 5.24. The Balaban J connectivity index is 1.84. The van der Waals surface area contributed by atoms with Gasteiger partial charge in [0.25, 0.3) is 0 Å². The average Bonchev–Trinajstić information content (AvgIpc) is 3.05. The first-order chi connectivity index (χ1) is 10.9. The number of amides is 1. The molecule has 0 bridgehead atoms. The number of carbonyl (C=O) groups is 1. The number of aryl methyl sites for hydroxylation is 4. The van der Waals surface area contributed by atoms with Gasteiger partial charge in [-0.3, -0.25) is 24.3 Å². The van der Waals surface area contributed by atoms with Gasteiger partial charge in [-0.15, -0.1) is 0 Å². The van der Waals surface area contributed by atoms with Crippen LogP contribution in [0, 0.1) is 24.0 Å². The maximum absolute atomic E-state index is 11.9. The summed E-state index contributed by atoms with van der Waals surface area (Å²) in [6.07, 6.45) is 3.47. The Bertz CT molecular complexity index is 718. The Labute approximate surface area is 133 Å². The molecule has 0 spiro atoms. The molecular formula is C14H20N6O3.